The average Bonchev–Trinajstić information content (AvgIpc) is 2.90. The summed E-state index contributed by atoms with van der Waals surface area (Å²) in [4.78, 5) is 0.0912. The van der Waals surface area contributed by atoms with Crippen LogP contribution in [-0.4, -0.2) is 13.0 Å². The van der Waals surface area contributed by atoms with E-state index in [1.54, 1.807) is 12.1 Å². The van der Waals surface area contributed by atoms with E-state index in [4.69, 9.17) is 5.14 Å². The second kappa shape index (κ2) is 5.20. The lowest BCUT2D eigenvalue weighted by molar-refractivity contribution is 0.434. The van der Waals surface area contributed by atoms with Crippen molar-refractivity contribution in [3.05, 3.63) is 46.8 Å². The predicted octanol–water partition coefficient (Wildman–Crippen LogP) is 3.20. The van der Waals surface area contributed by atoms with Crippen molar-refractivity contribution in [2.75, 3.05) is 0 Å². The van der Waals surface area contributed by atoms with Crippen molar-refractivity contribution in [3.8, 4) is 11.8 Å². The molecule has 0 spiro atoms. The van der Waals surface area contributed by atoms with Crippen LogP contribution in [0.5, 0.6) is 0 Å². The summed E-state index contributed by atoms with van der Waals surface area (Å²) in [5.74, 6) is 0. The molecule has 1 aliphatic carbocycles. The predicted molar refractivity (Wildman–Crippen MR) is 97.2 cm³/mol. The molecule has 1 aromatic carbocycles. The molecule has 2 aromatic rings. The third kappa shape index (κ3) is 2.50. The number of nitriles is 1. The maximum Gasteiger partial charge on any atom is 0.238 e. The Labute approximate surface area is 149 Å². The molecule has 0 aliphatic heterocycles. The molecular weight excluding hydrogens is 334 g/mol. The minimum Gasteiger partial charge on any atom is -0.318 e. The monoisotopic (exact) mass is 357 g/mol. The second-order valence-corrected chi connectivity index (χ2v) is 9.36. The van der Waals surface area contributed by atoms with Crippen LogP contribution in [0.3, 0.4) is 0 Å². The summed E-state index contributed by atoms with van der Waals surface area (Å²) in [5, 5.41) is 15.0. The van der Waals surface area contributed by atoms with Gasteiger partial charge in [0, 0.05) is 17.1 Å². The van der Waals surface area contributed by atoms with E-state index in [1.807, 2.05) is 13.8 Å². The van der Waals surface area contributed by atoms with Crippen molar-refractivity contribution in [2.24, 2.45) is 5.14 Å². The Balaban J connectivity index is 2.25. The number of rotatable bonds is 2. The molecule has 2 N–H and O–H groups in total. The Morgan fingerprint density at radius 3 is 2.08 bits per heavy atom. The van der Waals surface area contributed by atoms with Crippen molar-refractivity contribution in [2.45, 2.75) is 56.8 Å². The third-order valence-corrected chi connectivity index (χ3v) is 6.27. The number of nitrogens with zero attached hydrogens (tertiary/aromatic N) is 2. The van der Waals surface area contributed by atoms with Crippen molar-refractivity contribution >= 4 is 10.0 Å². The highest BCUT2D eigenvalue weighted by Crippen LogP contribution is 2.53. The highest BCUT2D eigenvalue weighted by Gasteiger charge is 2.49. The normalized spacial score (nSPS) is 21.8. The summed E-state index contributed by atoms with van der Waals surface area (Å²) >= 11 is 0. The van der Waals surface area contributed by atoms with Crippen LogP contribution in [-0.2, 0) is 20.9 Å². The van der Waals surface area contributed by atoms with E-state index in [0.717, 1.165) is 29.1 Å². The zero-order valence-electron chi connectivity index (χ0n) is 15.2. The molecule has 0 amide bonds. The van der Waals surface area contributed by atoms with Gasteiger partial charge in [-0.2, -0.15) is 5.26 Å². The van der Waals surface area contributed by atoms with E-state index >= 15 is 0 Å². The molecule has 1 unspecified atom stereocenters. The SMILES string of the molecule is Cc1c2c(c(C)n1-c1ccc(S(N)(=O)=O)cc1)C(C)(C#N)CC2(C)C. The van der Waals surface area contributed by atoms with Gasteiger partial charge in [-0.1, -0.05) is 13.8 Å². The quantitative estimate of drug-likeness (QED) is 0.895. The maximum atomic E-state index is 11.5. The summed E-state index contributed by atoms with van der Waals surface area (Å²) in [5.41, 5.74) is 4.73. The number of hydrogen-bond acceptors (Lipinski definition) is 3. The Morgan fingerprint density at radius 1 is 1.08 bits per heavy atom. The first-order valence-corrected chi connectivity index (χ1v) is 9.74. The van der Waals surface area contributed by atoms with Gasteiger partial charge in [-0.15, -0.1) is 0 Å². The molecule has 1 aliphatic rings. The van der Waals surface area contributed by atoms with Gasteiger partial charge in [0.05, 0.1) is 16.4 Å². The number of aromatic nitrogens is 1. The number of sulfonamides is 1. The number of hydrogen-bond donors (Lipinski definition) is 1. The molecule has 0 saturated carbocycles. The van der Waals surface area contributed by atoms with Crippen LogP contribution < -0.4 is 5.14 Å². The lowest BCUT2D eigenvalue weighted by Crippen LogP contribution is -2.22. The van der Waals surface area contributed by atoms with Crippen LogP contribution >= 0.6 is 0 Å². The lowest BCUT2D eigenvalue weighted by Gasteiger charge is -2.24. The summed E-state index contributed by atoms with van der Waals surface area (Å²) in [6.45, 7) is 10.4. The van der Waals surface area contributed by atoms with Gasteiger partial charge in [-0.25, -0.2) is 13.6 Å². The van der Waals surface area contributed by atoms with Crippen LogP contribution in [0.25, 0.3) is 5.69 Å². The van der Waals surface area contributed by atoms with E-state index in [9.17, 15) is 13.7 Å². The van der Waals surface area contributed by atoms with Crippen LogP contribution in [0, 0.1) is 25.2 Å². The number of benzene rings is 1. The van der Waals surface area contributed by atoms with E-state index in [2.05, 4.69) is 31.4 Å². The molecule has 5 nitrogen and oxygen atoms in total. The van der Waals surface area contributed by atoms with E-state index in [1.165, 1.54) is 17.7 Å². The maximum absolute atomic E-state index is 11.5. The summed E-state index contributed by atoms with van der Waals surface area (Å²) in [6.07, 6.45) is 0.800. The van der Waals surface area contributed by atoms with E-state index in [0.29, 0.717) is 0 Å². The van der Waals surface area contributed by atoms with E-state index in [-0.39, 0.29) is 10.3 Å². The fourth-order valence-corrected chi connectivity index (χ4v) is 5.18. The Bertz CT molecular complexity index is 1010. The molecule has 132 valence electrons. The van der Waals surface area contributed by atoms with Gasteiger partial charge in [0.2, 0.25) is 10.0 Å². The van der Waals surface area contributed by atoms with Crippen molar-refractivity contribution in [1.29, 1.82) is 5.26 Å². The zero-order valence-corrected chi connectivity index (χ0v) is 16.0. The minimum absolute atomic E-state index is 0.0829. The molecule has 0 fully saturated rings. The van der Waals surface area contributed by atoms with Gasteiger partial charge in [0.15, 0.2) is 0 Å². The Kier molecular flexibility index (Phi) is 3.68. The van der Waals surface area contributed by atoms with Gasteiger partial charge in [0.1, 0.15) is 0 Å². The standard InChI is InChI=1S/C19H23N3O2S/c1-12-16-17(19(5,11-20)10-18(16,3)4)13(2)22(12)14-6-8-15(9-7-14)25(21,23)24/h6-9H,10H2,1-5H3,(H2,21,23,24). The molecule has 25 heavy (non-hydrogen) atoms. The molecule has 0 bridgehead atoms. The van der Waals surface area contributed by atoms with Crippen molar-refractivity contribution < 1.29 is 8.42 Å². The highest BCUT2D eigenvalue weighted by atomic mass is 32.2. The molecule has 1 atom stereocenters. The van der Waals surface area contributed by atoms with Gasteiger partial charge in [0.25, 0.3) is 0 Å². The van der Waals surface area contributed by atoms with Gasteiger partial charge >= 0.3 is 0 Å². The van der Waals surface area contributed by atoms with Crippen molar-refractivity contribution in [3.63, 3.8) is 0 Å². The second-order valence-electron chi connectivity index (χ2n) is 7.80. The van der Waals surface area contributed by atoms with Crippen LogP contribution in [0.2, 0.25) is 0 Å². The first kappa shape index (κ1) is 17.7. The smallest absolute Gasteiger partial charge is 0.238 e. The largest absolute Gasteiger partial charge is 0.318 e. The molecule has 3 rings (SSSR count). The minimum atomic E-state index is -3.71. The third-order valence-electron chi connectivity index (χ3n) is 5.34. The topological polar surface area (TPSA) is 88.9 Å². The van der Waals surface area contributed by atoms with E-state index < -0.39 is 15.4 Å². The van der Waals surface area contributed by atoms with Crippen LogP contribution in [0.1, 0.15) is 49.7 Å². The highest BCUT2D eigenvalue weighted by molar-refractivity contribution is 7.89. The first-order chi connectivity index (χ1) is 11.4. The molecule has 1 aromatic heterocycles. The number of primary sulfonamides is 1. The Hall–Kier alpha value is -2.10. The first-order valence-electron chi connectivity index (χ1n) is 8.20. The lowest BCUT2D eigenvalue weighted by atomic mass is 9.80. The van der Waals surface area contributed by atoms with Crippen molar-refractivity contribution in [1.82, 2.24) is 4.57 Å². The molecule has 0 radical (unpaired) electrons. The molecule has 6 heteroatoms. The summed E-state index contributed by atoms with van der Waals surface area (Å²) in [6, 6.07) is 9.05. The number of nitrogens with two attached hydrogens (primary N) is 1. The van der Waals surface area contributed by atoms with Gasteiger partial charge in [-0.3, -0.25) is 0 Å². The fourth-order valence-electron chi connectivity index (χ4n) is 4.67. The van der Waals surface area contributed by atoms with Crippen LogP contribution in [0.4, 0.5) is 0 Å². The average molecular weight is 357 g/mol. The summed E-state index contributed by atoms with van der Waals surface area (Å²) < 4.78 is 25.0. The molecule has 0 saturated heterocycles. The fraction of sp³-hybridized carbons (Fsp3) is 0.421. The molecular formula is C19H23N3O2S. The van der Waals surface area contributed by atoms with Gasteiger partial charge < -0.3 is 4.57 Å². The molecule has 1 heterocycles. The zero-order chi connectivity index (χ0) is 18.8. The number of fused-ring (bicyclic) bond motifs is 1. The summed E-state index contributed by atoms with van der Waals surface area (Å²) in [7, 11) is -3.71. The Morgan fingerprint density at radius 2 is 1.60 bits per heavy atom. The van der Waals surface area contributed by atoms with Crippen LogP contribution in [0.15, 0.2) is 29.2 Å². The van der Waals surface area contributed by atoms with Gasteiger partial charge in [-0.05, 0) is 68.0 Å².